The molecule has 5 heteroatoms. The van der Waals surface area contributed by atoms with Crippen molar-refractivity contribution in [3.63, 3.8) is 0 Å². The number of nitrogens with one attached hydrogen (secondary N) is 2. The predicted molar refractivity (Wildman–Crippen MR) is 127 cm³/mol. The van der Waals surface area contributed by atoms with Gasteiger partial charge in [0.25, 0.3) is 0 Å². The van der Waals surface area contributed by atoms with Crippen LogP contribution in [-0.2, 0) is 6.61 Å². The first kappa shape index (κ1) is 20.7. The molecule has 1 heterocycles. The van der Waals surface area contributed by atoms with Crippen molar-refractivity contribution in [3.05, 3.63) is 83.9 Å². The van der Waals surface area contributed by atoms with Crippen LogP contribution in [0.15, 0.2) is 83.4 Å². The molecule has 158 valence electrons. The maximum absolute atomic E-state index is 12.3. The Morgan fingerprint density at radius 1 is 0.968 bits per heavy atom. The lowest BCUT2D eigenvalue weighted by Gasteiger charge is -2.18. The van der Waals surface area contributed by atoms with Crippen LogP contribution in [-0.4, -0.2) is 18.4 Å². The van der Waals surface area contributed by atoms with Gasteiger partial charge in [-0.2, -0.15) is 0 Å². The number of hydrogen-bond donors (Lipinski definition) is 2. The van der Waals surface area contributed by atoms with Crippen LogP contribution >= 0.6 is 0 Å². The molecule has 2 amide bonds. The highest BCUT2D eigenvalue weighted by molar-refractivity contribution is 6.09. The molecule has 0 saturated carbocycles. The summed E-state index contributed by atoms with van der Waals surface area (Å²) in [5.74, 6) is 1.34. The van der Waals surface area contributed by atoms with Gasteiger partial charge in [0.1, 0.15) is 18.2 Å². The molecule has 0 bridgehead atoms. The zero-order valence-electron chi connectivity index (χ0n) is 18.1. The summed E-state index contributed by atoms with van der Waals surface area (Å²) in [4.78, 5) is 16.6. The van der Waals surface area contributed by atoms with E-state index in [1.165, 1.54) is 16.3 Å². The molecule has 31 heavy (non-hydrogen) atoms. The van der Waals surface area contributed by atoms with Crippen LogP contribution in [0.2, 0.25) is 0 Å². The van der Waals surface area contributed by atoms with Gasteiger partial charge in [0.05, 0.1) is 6.54 Å². The molecule has 5 nitrogen and oxygen atoms in total. The molecular weight excluding hydrogens is 386 g/mol. The second kappa shape index (κ2) is 8.64. The quantitative estimate of drug-likeness (QED) is 0.557. The highest BCUT2D eigenvalue weighted by atomic mass is 16.5. The van der Waals surface area contributed by atoms with Crippen molar-refractivity contribution in [3.8, 4) is 5.75 Å². The van der Waals surface area contributed by atoms with E-state index in [2.05, 4.69) is 66.7 Å². The lowest BCUT2D eigenvalue weighted by molar-refractivity contribution is 0.256. The number of rotatable bonds is 4. The Labute approximate surface area is 182 Å². The summed E-state index contributed by atoms with van der Waals surface area (Å²) in [6.45, 7) is 7.53. The number of ether oxygens (including phenoxy) is 1. The number of amides is 2. The molecule has 3 aromatic rings. The number of carbonyl (C=O) groups is 1. The average molecular weight is 414 g/mol. The summed E-state index contributed by atoms with van der Waals surface area (Å²) in [7, 11) is 0. The van der Waals surface area contributed by atoms with Crippen LogP contribution in [0.3, 0.4) is 0 Å². The number of anilines is 1. The molecule has 0 aromatic heterocycles. The molecular formula is C26H27N3O2. The van der Waals surface area contributed by atoms with Gasteiger partial charge in [-0.25, -0.2) is 4.79 Å². The first-order valence-electron chi connectivity index (χ1n) is 10.4. The first-order chi connectivity index (χ1) is 14.9. The minimum Gasteiger partial charge on any atom is -0.489 e. The Bertz CT molecular complexity index is 1160. The van der Waals surface area contributed by atoms with E-state index in [9.17, 15) is 4.79 Å². The van der Waals surface area contributed by atoms with E-state index in [4.69, 9.17) is 4.74 Å². The Morgan fingerprint density at radius 2 is 1.71 bits per heavy atom. The molecule has 0 atom stereocenters. The topological polar surface area (TPSA) is 62.7 Å². The van der Waals surface area contributed by atoms with E-state index < -0.39 is 0 Å². The fourth-order valence-corrected chi connectivity index (χ4v) is 3.36. The van der Waals surface area contributed by atoms with Crippen molar-refractivity contribution in [2.45, 2.75) is 27.4 Å². The maximum Gasteiger partial charge on any atom is 0.324 e. The van der Waals surface area contributed by atoms with Gasteiger partial charge in [-0.15, -0.1) is 0 Å². The largest absolute Gasteiger partial charge is 0.489 e. The molecule has 1 aliphatic rings. The van der Waals surface area contributed by atoms with Gasteiger partial charge in [0, 0.05) is 5.69 Å². The standard InChI is InChI=1S/C26H27N3O2/c1-26(2,3)21-15-24(27-16-21)29-25(30)28-22-10-12-23(13-11-22)31-17-18-8-9-19-6-4-5-7-20(19)14-18/h4-15H,16-17H2,1-3H3,(H2,27,28,29,30). The third-order valence-corrected chi connectivity index (χ3v) is 5.27. The highest BCUT2D eigenvalue weighted by Gasteiger charge is 2.21. The fourth-order valence-electron chi connectivity index (χ4n) is 3.36. The molecule has 2 N–H and O–H groups in total. The van der Waals surface area contributed by atoms with Crippen molar-refractivity contribution in [2.24, 2.45) is 10.4 Å². The van der Waals surface area contributed by atoms with Crippen molar-refractivity contribution in [1.29, 1.82) is 0 Å². The summed E-state index contributed by atoms with van der Waals surface area (Å²) in [5, 5.41) is 8.04. The van der Waals surface area contributed by atoms with Crippen molar-refractivity contribution >= 4 is 28.3 Å². The van der Waals surface area contributed by atoms with Crippen molar-refractivity contribution in [1.82, 2.24) is 5.32 Å². The van der Waals surface area contributed by atoms with Gasteiger partial charge in [0.2, 0.25) is 0 Å². The lowest BCUT2D eigenvalue weighted by Crippen LogP contribution is -2.32. The number of carbonyl (C=O) groups excluding carboxylic acids is 1. The third-order valence-electron chi connectivity index (χ3n) is 5.27. The van der Waals surface area contributed by atoms with Crippen LogP contribution < -0.4 is 15.4 Å². The molecule has 0 aliphatic carbocycles. The van der Waals surface area contributed by atoms with E-state index in [1.54, 1.807) is 0 Å². The van der Waals surface area contributed by atoms with Crippen LogP contribution in [0.4, 0.5) is 10.5 Å². The molecule has 0 saturated heterocycles. The smallest absolute Gasteiger partial charge is 0.324 e. The molecule has 0 radical (unpaired) electrons. The molecule has 0 spiro atoms. The SMILES string of the molecule is CC(C)(C)C1=CC(NC(=O)Nc2ccc(OCc3ccc4ccccc4c3)cc2)=NC1. The average Bonchev–Trinajstić information content (AvgIpc) is 3.22. The van der Waals surface area contributed by atoms with Gasteiger partial charge in [-0.3, -0.25) is 10.3 Å². The third kappa shape index (κ3) is 5.31. The highest BCUT2D eigenvalue weighted by Crippen LogP contribution is 2.27. The number of urea groups is 1. The van der Waals surface area contributed by atoms with E-state index in [0.717, 1.165) is 11.3 Å². The van der Waals surface area contributed by atoms with Crippen LogP contribution in [0.1, 0.15) is 26.3 Å². The normalized spacial score (nSPS) is 13.5. The number of fused-ring (bicyclic) bond motifs is 1. The number of benzene rings is 3. The molecule has 0 unspecified atom stereocenters. The van der Waals surface area contributed by atoms with Crippen LogP contribution in [0, 0.1) is 5.41 Å². The number of nitrogens with zero attached hydrogens (tertiary/aromatic N) is 1. The number of aliphatic imine (C=N–C) groups is 1. The minimum atomic E-state index is -0.310. The van der Waals surface area contributed by atoms with Gasteiger partial charge >= 0.3 is 6.03 Å². The monoisotopic (exact) mass is 413 g/mol. The predicted octanol–water partition coefficient (Wildman–Crippen LogP) is 5.92. The molecule has 3 aromatic carbocycles. The zero-order valence-corrected chi connectivity index (χ0v) is 18.1. The van der Waals surface area contributed by atoms with Gasteiger partial charge < -0.3 is 10.1 Å². The van der Waals surface area contributed by atoms with Gasteiger partial charge in [-0.1, -0.05) is 57.2 Å². The molecule has 1 aliphatic heterocycles. The van der Waals surface area contributed by atoms with E-state index in [-0.39, 0.29) is 11.4 Å². The summed E-state index contributed by atoms with van der Waals surface area (Å²) in [6.07, 6.45) is 1.95. The Morgan fingerprint density at radius 3 is 2.42 bits per heavy atom. The number of amidine groups is 1. The van der Waals surface area contributed by atoms with E-state index in [0.29, 0.717) is 24.7 Å². The summed E-state index contributed by atoms with van der Waals surface area (Å²) in [6, 6.07) is 21.6. The van der Waals surface area contributed by atoms with E-state index >= 15 is 0 Å². The second-order valence-corrected chi connectivity index (χ2v) is 8.69. The summed E-state index contributed by atoms with van der Waals surface area (Å²) >= 11 is 0. The maximum atomic E-state index is 12.3. The lowest BCUT2D eigenvalue weighted by atomic mass is 9.87. The minimum absolute atomic E-state index is 0.0477. The Balaban J connectivity index is 1.30. The van der Waals surface area contributed by atoms with Gasteiger partial charge in [0.15, 0.2) is 0 Å². The van der Waals surface area contributed by atoms with Gasteiger partial charge in [-0.05, 0) is 63.7 Å². The van der Waals surface area contributed by atoms with Crippen LogP contribution in [0.5, 0.6) is 5.75 Å². The first-order valence-corrected chi connectivity index (χ1v) is 10.4. The molecule has 4 rings (SSSR count). The Hall–Kier alpha value is -3.60. The number of hydrogen-bond acceptors (Lipinski definition) is 3. The Kier molecular flexibility index (Phi) is 5.76. The second-order valence-electron chi connectivity index (χ2n) is 8.69. The van der Waals surface area contributed by atoms with E-state index in [1.807, 2.05) is 42.5 Å². The summed E-state index contributed by atoms with van der Waals surface area (Å²) < 4.78 is 5.90. The van der Waals surface area contributed by atoms with Crippen LogP contribution in [0.25, 0.3) is 10.8 Å². The van der Waals surface area contributed by atoms with Crippen molar-refractivity contribution in [2.75, 3.05) is 11.9 Å². The van der Waals surface area contributed by atoms with Crippen molar-refractivity contribution < 1.29 is 9.53 Å². The fraction of sp³-hybridized carbons (Fsp3) is 0.231. The summed E-state index contributed by atoms with van der Waals surface area (Å²) in [5.41, 5.74) is 3.05. The molecule has 0 fully saturated rings. The zero-order chi connectivity index (χ0) is 21.8.